The number of benzene rings is 1. The largest absolute Gasteiger partial charge is 0.508 e. The van der Waals surface area contributed by atoms with Crippen LogP contribution in [-0.4, -0.2) is 29.2 Å². The number of cyclic esters (lactones) is 1. The average molecular weight is 386 g/mol. The molecule has 152 valence electrons. The lowest BCUT2D eigenvalue weighted by molar-refractivity contribution is -0.119. The maximum absolute atomic E-state index is 12.8. The zero-order valence-corrected chi connectivity index (χ0v) is 16.4. The molecule has 5 heteroatoms. The summed E-state index contributed by atoms with van der Waals surface area (Å²) >= 11 is 0. The maximum Gasteiger partial charge on any atom is 0.339 e. The van der Waals surface area contributed by atoms with Crippen LogP contribution in [0.2, 0.25) is 0 Å². The Bertz CT molecular complexity index is 692. The molecule has 0 radical (unpaired) electrons. The molecule has 0 fully saturated rings. The number of Topliss-reactive ketones (excluding diaryl/α,β-unsaturated/α-hetero) is 1. The number of carbonyl (C=O) groups is 3. The lowest BCUT2D eigenvalue weighted by Crippen LogP contribution is -2.19. The highest BCUT2D eigenvalue weighted by atomic mass is 16.5. The molecule has 5 nitrogen and oxygen atoms in total. The van der Waals surface area contributed by atoms with Crippen LogP contribution in [0.4, 0.5) is 0 Å². The van der Waals surface area contributed by atoms with E-state index in [0.717, 1.165) is 38.4 Å². The molecule has 0 saturated carbocycles. The Hall–Kier alpha value is -2.43. The van der Waals surface area contributed by atoms with Crippen molar-refractivity contribution in [2.75, 3.05) is 0 Å². The number of carbonyl (C=O) groups excluding carboxylic acids is 3. The molecule has 1 N–H and O–H groups in total. The van der Waals surface area contributed by atoms with Gasteiger partial charge in [0.25, 0.3) is 0 Å². The lowest BCUT2D eigenvalue weighted by Gasteiger charge is -2.18. The summed E-state index contributed by atoms with van der Waals surface area (Å²) < 4.78 is 5.75. The molecule has 1 aromatic rings. The molecule has 1 aromatic carbocycles. The first-order chi connectivity index (χ1) is 13.6. The van der Waals surface area contributed by atoms with Crippen LogP contribution >= 0.6 is 0 Å². The molecule has 0 spiro atoms. The van der Waals surface area contributed by atoms with Gasteiger partial charge in [-0.2, -0.15) is 0 Å². The minimum atomic E-state index is -0.416. The van der Waals surface area contributed by atoms with Gasteiger partial charge in [-0.05, 0) is 75.1 Å². The number of allylic oxidation sites excluding steroid dienone is 1. The Kier molecular flexibility index (Phi) is 9.46. The molecular weight excluding hydrogens is 356 g/mol. The molecule has 1 unspecified atom stereocenters. The molecule has 1 aliphatic heterocycles. The Morgan fingerprint density at radius 3 is 2.75 bits per heavy atom. The van der Waals surface area contributed by atoms with Crippen molar-refractivity contribution in [3.63, 3.8) is 0 Å². The molecule has 1 atom stereocenters. The fourth-order valence-electron chi connectivity index (χ4n) is 3.40. The topological polar surface area (TPSA) is 80.7 Å². The smallest absolute Gasteiger partial charge is 0.339 e. The minimum absolute atomic E-state index is 0.102. The second kappa shape index (κ2) is 12.1. The quantitative estimate of drug-likeness (QED) is 0.437. The molecule has 0 aliphatic carbocycles. The highest BCUT2D eigenvalue weighted by Crippen LogP contribution is 2.23. The van der Waals surface area contributed by atoms with E-state index in [0.29, 0.717) is 49.7 Å². The number of aldehydes is 1. The van der Waals surface area contributed by atoms with Gasteiger partial charge in [-0.25, -0.2) is 4.79 Å². The monoisotopic (exact) mass is 386 g/mol. The molecule has 1 heterocycles. The average Bonchev–Trinajstić information content (AvgIpc) is 2.67. The van der Waals surface area contributed by atoms with Crippen LogP contribution in [0.5, 0.6) is 5.75 Å². The van der Waals surface area contributed by atoms with Crippen LogP contribution in [-0.2, 0) is 14.3 Å². The summed E-state index contributed by atoms with van der Waals surface area (Å²) in [5, 5.41) is 9.78. The summed E-state index contributed by atoms with van der Waals surface area (Å²) in [7, 11) is 0. The van der Waals surface area contributed by atoms with E-state index in [-0.39, 0.29) is 17.6 Å². The first kappa shape index (κ1) is 21.9. The molecule has 0 aromatic heterocycles. The van der Waals surface area contributed by atoms with Crippen LogP contribution < -0.4 is 0 Å². The predicted molar refractivity (Wildman–Crippen MR) is 108 cm³/mol. The highest BCUT2D eigenvalue weighted by molar-refractivity contribution is 5.94. The van der Waals surface area contributed by atoms with Gasteiger partial charge in [0.05, 0.1) is 5.56 Å². The van der Waals surface area contributed by atoms with Gasteiger partial charge in [0.15, 0.2) is 0 Å². The normalized spacial score (nSPS) is 20.4. The Balaban J connectivity index is 2.15. The molecule has 0 saturated heterocycles. The van der Waals surface area contributed by atoms with E-state index in [4.69, 9.17) is 4.74 Å². The molecule has 28 heavy (non-hydrogen) atoms. The van der Waals surface area contributed by atoms with E-state index < -0.39 is 5.97 Å². The second-order valence-electron chi connectivity index (χ2n) is 7.33. The number of rotatable bonds is 5. The molecular formula is C23H30O5. The minimum Gasteiger partial charge on any atom is -0.508 e. The fraction of sp³-hybridized carbons (Fsp3) is 0.522. The van der Waals surface area contributed by atoms with Crippen LogP contribution in [0.3, 0.4) is 0 Å². The number of esters is 1. The van der Waals surface area contributed by atoms with Crippen LogP contribution in [0, 0.1) is 0 Å². The SMILES string of the molecule is O=CCCCCC1CCCC(=O)CCCC/C=C/c2cc(O)ccc2C(=O)O1. The lowest BCUT2D eigenvalue weighted by atomic mass is 10.0. The van der Waals surface area contributed by atoms with Gasteiger partial charge in [-0.3, -0.25) is 4.79 Å². The zero-order chi connectivity index (χ0) is 20.2. The number of phenols is 1. The van der Waals surface area contributed by atoms with Crippen LogP contribution in [0.15, 0.2) is 24.3 Å². The Morgan fingerprint density at radius 1 is 1.11 bits per heavy atom. The first-order valence-corrected chi connectivity index (χ1v) is 10.3. The summed E-state index contributed by atoms with van der Waals surface area (Å²) in [6.45, 7) is 0. The van der Waals surface area contributed by atoms with Crippen molar-refractivity contribution in [2.45, 2.75) is 76.7 Å². The second-order valence-corrected chi connectivity index (χ2v) is 7.33. The van der Waals surface area contributed by atoms with Gasteiger partial charge >= 0.3 is 5.97 Å². The molecule has 1 aliphatic rings. The first-order valence-electron chi connectivity index (χ1n) is 10.3. The highest BCUT2D eigenvalue weighted by Gasteiger charge is 2.19. The number of fused-ring (bicyclic) bond motifs is 1. The van der Waals surface area contributed by atoms with E-state index in [9.17, 15) is 19.5 Å². The van der Waals surface area contributed by atoms with Gasteiger partial charge in [0.2, 0.25) is 0 Å². The van der Waals surface area contributed by atoms with E-state index in [1.807, 2.05) is 12.2 Å². The number of unbranched alkanes of at least 4 members (excludes halogenated alkanes) is 2. The summed E-state index contributed by atoms with van der Waals surface area (Å²) in [5.74, 6) is -0.0514. The van der Waals surface area contributed by atoms with E-state index in [1.165, 1.54) is 6.07 Å². The number of ether oxygens (including phenoxy) is 1. The van der Waals surface area contributed by atoms with Crippen LogP contribution in [0.1, 0.15) is 86.6 Å². The Morgan fingerprint density at radius 2 is 1.93 bits per heavy atom. The molecule has 0 amide bonds. The molecule has 0 bridgehead atoms. The van der Waals surface area contributed by atoms with Crippen molar-refractivity contribution in [3.8, 4) is 5.75 Å². The molecule has 2 rings (SSSR count). The van der Waals surface area contributed by atoms with Gasteiger partial charge in [-0.1, -0.05) is 12.2 Å². The predicted octanol–water partition coefficient (Wildman–Crippen LogP) is 5.00. The van der Waals surface area contributed by atoms with Crippen molar-refractivity contribution < 1.29 is 24.2 Å². The summed E-state index contributed by atoms with van der Waals surface area (Å²) in [4.78, 5) is 35.3. The third-order valence-electron chi connectivity index (χ3n) is 4.98. The van der Waals surface area contributed by atoms with Crippen molar-refractivity contribution in [2.24, 2.45) is 0 Å². The van der Waals surface area contributed by atoms with Crippen molar-refractivity contribution in [3.05, 3.63) is 35.4 Å². The maximum atomic E-state index is 12.8. The van der Waals surface area contributed by atoms with Crippen molar-refractivity contribution in [1.82, 2.24) is 0 Å². The Labute approximate surface area is 166 Å². The fourth-order valence-corrected chi connectivity index (χ4v) is 3.40. The number of phenolic OH excluding ortho intramolecular Hbond substituents is 1. The summed E-state index contributed by atoms with van der Waals surface area (Å²) in [6, 6.07) is 4.63. The standard InChI is InChI=1S/C23H30O5/c24-16-7-3-6-12-21-13-8-11-19(25)10-5-2-1-4-9-18-17-20(26)14-15-22(18)23(27)28-21/h4,9,14-17,21,26H,1-3,5-8,10-13H2/b9-4+. The van der Waals surface area contributed by atoms with Crippen molar-refractivity contribution in [1.29, 1.82) is 0 Å². The van der Waals surface area contributed by atoms with E-state index in [1.54, 1.807) is 12.1 Å². The third kappa shape index (κ3) is 7.67. The third-order valence-corrected chi connectivity index (χ3v) is 4.98. The number of ketones is 1. The van der Waals surface area contributed by atoms with Gasteiger partial charge in [0, 0.05) is 19.3 Å². The van der Waals surface area contributed by atoms with Crippen LogP contribution in [0.25, 0.3) is 6.08 Å². The zero-order valence-electron chi connectivity index (χ0n) is 16.4. The number of hydrogen-bond donors (Lipinski definition) is 1. The van der Waals surface area contributed by atoms with E-state index in [2.05, 4.69) is 0 Å². The van der Waals surface area contributed by atoms with Gasteiger partial charge < -0.3 is 14.6 Å². The van der Waals surface area contributed by atoms with Gasteiger partial charge in [0.1, 0.15) is 23.9 Å². The summed E-state index contributed by atoms with van der Waals surface area (Å²) in [5.41, 5.74) is 1.06. The van der Waals surface area contributed by atoms with Gasteiger partial charge in [-0.15, -0.1) is 0 Å². The van der Waals surface area contributed by atoms with Crippen molar-refractivity contribution >= 4 is 24.1 Å². The number of hydrogen-bond acceptors (Lipinski definition) is 5. The van der Waals surface area contributed by atoms with E-state index >= 15 is 0 Å². The summed E-state index contributed by atoms with van der Waals surface area (Å²) in [6.07, 6.45) is 12.2. The number of aromatic hydroxyl groups is 1.